The molecule has 172 valence electrons. The third-order valence-electron chi connectivity index (χ3n) is 5.96. The van der Waals surface area contributed by atoms with Crippen molar-refractivity contribution in [3.8, 4) is 0 Å². The summed E-state index contributed by atoms with van der Waals surface area (Å²) < 4.78 is 15.8. The summed E-state index contributed by atoms with van der Waals surface area (Å²) >= 11 is 0. The van der Waals surface area contributed by atoms with Gasteiger partial charge in [-0.2, -0.15) is 9.97 Å². The van der Waals surface area contributed by atoms with E-state index in [1.54, 1.807) is 19.9 Å². The predicted octanol–water partition coefficient (Wildman–Crippen LogP) is 4.24. The molecule has 2 heterocycles. The number of nitrogens with one attached hydrogen (secondary N) is 2. The van der Waals surface area contributed by atoms with E-state index in [9.17, 15) is 9.50 Å². The Morgan fingerprint density at radius 3 is 2.72 bits per heavy atom. The molecule has 32 heavy (non-hydrogen) atoms. The minimum atomic E-state index is -0.781. The van der Waals surface area contributed by atoms with Gasteiger partial charge >= 0.3 is 0 Å². The molecule has 0 radical (unpaired) electrons. The maximum absolute atomic E-state index is 13.7. The normalized spacial score (nSPS) is 15.2. The van der Waals surface area contributed by atoms with Gasteiger partial charge in [0.25, 0.3) is 0 Å². The number of nitrogens with zero attached hydrogens (tertiary/aromatic N) is 4. The fraction of sp³-hybridized carbons (Fsp3) is 0.522. The lowest BCUT2D eigenvalue weighted by Gasteiger charge is -2.23. The highest BCUT2D eigenvalue weighted by atomic mass is 19.1. The molecule has 1 aliphatic carbocycles. The fourth-order valence-electron chi connectivity index (χ4n) is 4.13. The van der Waals surface area contributed by atoms with Crippen molar-refractivity contribution in [2.24, 2.45) is 0 Å². The Bertz CT molecular complexity index is 1070. The van der Waals surface area contributed by atoms with Crippen LogP contribution in [0.3, 0.4) is 0 Å². The van der Waals surface area contributed by atoms with Gasteiger partial charge in [-0.3, -0.25) is 0 Å². The van der Waals surface area contributed by atoms with E-state index in [0.29, 0.717) is 54.1 Å². The number of benzene rings is 1. The molecule has 0 spiro atoms. The zero-order valence-electron chi connectivity index (χ0n) is 18.7. The van der Waals surface area contributed by atoms with E-state index in [1.165, 1.54) is 31.4 Å². The number of anilines is 3. The third-order valence-corrected chi connectivity index (χ3v) is 5.96. The van der Waals surface area contributed by atoms with Gasteiger partial charge in [0.2, 0.25) is 5.95 Å². The minimum Gasteiger partial charge on any atom is -0.398 e. The highest BCUT2D eigenvalue weighted by Crippen LogP contribution is 2.32. The lowest BCUT2D eigenvalue weighted by atomic mass is 9.95. The molecule has 1 fully saturated rings. The van der Waals surface area contributed by atoms with Crippen LogP contribution < -0.4 is 16.4 Å². The molecule has 0 unspecified atom stereocenters. The molecule has 3 aromatic rings. The van der Waals surface area contributed by atoms with Gasteiger partial charge in [0.15, 0.2) is 17.0 Å². The molecule has 9 heteroatoms. The quantitative estimate of drug-likeness (QED) is 0.387. The van der Waals surface area contributed by atoms with Crippen LogP contribution in [0.1, 0.15) is 64.0 Å². The Balaban J connectivity index is 1.64. The number of rotatable bonds is 8. The molecule has 0 amide bonds. The topological polar surface area (TPSA) is 114 Å². The molecule has 0 saturated heterocycles. The van der Waals surface area contributed by atoms with Crippen LogP contribution in [0.25, 0.3) is 11.2 Å². The average molecular weight is 442 g/mol. The molecule has 1 aliphatic rings. The molecule has 0 atom stereocenters. The second-order valence-electron chi connectivity index (χ2n) is 9.20. The number of aromatic nitrogens is 4. The van der Waals surface area contributed by atoms with Crippen molar-refractivity contribution in [1.82, 2.24) is 19.5 Å². The van der Waals surface area contributed by atoms with Crippen LogP contribution >= 0.6 is 0 Å². The number of fused-ring (bicyclic) bond motifs is 1. The van der Waals surface area contributed by atoms with Crippen LogP contribution in [-0.2, 0) is 6.54 Å². The third kappa shape index (κ3) is 5.27. The molecule has 4 rings (SSSR count). The van der Waals surface area contributed by atoms with Gasteiger partial charge in [-0.25, -0.2) is 9.37 Å². The lowest BCUT2D eigenvalue weighted by Crippen LogP contribution is -2.23. The van der Waals surface area contributed by atoms with Gasteiger partial charge in [0.05, 0.1) is 11.9 Å². The number of nitrogen functional groups attached to an aromatic ring is 1. The number of halogens is 1. The number of aliphatic hydroxyl groups is 1. The van der Waals surface area contributed by atoms with Gasteiger partial charge in [0.1, 0.15) is 5.82 Å². The van der Waals surface area contributed by atoms with Crippen LogP contribution in [-0.4, -0.2) is 36.8 Å². The SMILES string of the molecule is CC(C)(O)CCNc1nc(NCc2cc(F)ccc2N)c2ncn(C3CCCCC3)c2n1. The number of imidazole rings is 1. The van der Waals surface area contributed by atoms with Crippen molar-refractivity contribution < 1.29 is 9.50 Å². The standard InChI is InChI=1S/C23H32FN7O/c1-23(2,32)10-11-26-22-29-20(27-13-15-12-16(24)8-9-18(15)25)19-21(30-22)31(14-28-19)17-6-4-3-5-7-17/h8-9,12,14,17,32H,3-7,10-11,13,25H2,1-2H3,(H2,26,27,29,30). The minimum absolute atomic E-state index is 0.315. The van der Waals surface area contributed by atoms with E-state index in [4.69, 9.17) is 10.7 Å². The van der Waals surface area contributed by atoms with Crippen molar-refractivity contribution >= 4 is 28.6 Å². The smallest absolute Gasteiger partial charge is 0.226 e. The molecule has 0 bridgehead atoms. The maximum atomic E-state index is 13.7. The highest BCUT2D eigenvalue weighted by molar-refractivity contribution is 5.84. The van der Waals surface area contributed by atoms with E-state index >= 15 is 0 Å². The molecular formula is C23H32FN7O. The fourth-order valence-corrected chi connectivity index (χ4v) is 4.13. The van der Waals surface area contributed by atoms with Crippen LogP contribution in [0.15, 0.2) is 24.5 Å². The molecule has 2 aromatic heterocycles. The number of hydrogen-bond donors (Lipinski definition) is 4. The number of nitrogens with two attached hydrogens (primary N) is 1. The monoisotopic (exact) mass is 441 g/mol. The van der Waals surface area contributed by atoms with Crippen molar-refractivity contribution in [3.05, 3.63) is 35.9 Å². The van der Waals surface area contributed by atoms with E-state index in [2.05, 4.69) is 25.2 Å². The van der Waals surface area contributed by atoms with Crippen molar-refractivity contribution in [3.63, 3.8) is 0 Å². The molecule has 1 saturated carbocycles. The van der Waals surface area contributed by atoms with E-state index in [0.717, 1.165) is 18.5 Å². The Labute approximate surface area is 187 Å². The van der Waals surface area contributed by atoms with E-state index in [-0.39, 0.29) is 5.82 Å². The maximum Gasteiger partial charge on any atom is 0.226 e. The van der Waals surface area contributed by atoms with Crippen LogP contribution in [0, 0.1) is 5.82 Å². The van der Waals surface area contributed by atoms with E-state index in [1.807, 2.05) is 6.33 Å². The summed E-state index contributed by atoms with van der Waals surface area (Å²) in [5.74, 6) is 0.701. The first-order chi connectivity index (χ1) is 15.3. The summed E-state index contributed by atoms with van der Waals surface area (Å²) in [7, 11) is 0. The molecule has 5 N–H and O–H groups in total. The summed E-state index contributed by atoms with van der Waals surface area (Å²) in [5, 5.41) is 16.5. The Morgan fingerprint density at radius 2 is 1.97 bits per heavy atom. The van der Waals surface area contributed by atoms with Gasteiger partial charge in [-0.05, 0) is 56.9 Å². The molecule has 1 aromatic carbocycles. The van der Waals surface area contributed by atoms with Crippen LogP contribution in [0.2, 0.25) is 0 Å². The highest BCUT2D eigenvalue weighted by Gasteiger charge is 2.21. The molecule has 8 nitrogen and oxygen atoms in total. The van der Waals surface area contributed by atoms with Crippen molar-refractivity contribution in [2.45, 2.75) is 70.6 Å². The van der Waals surface area contributed by atoms with Gasteiger partial charge in [-0.15, -0.1) is 0 Å². The van der Waals surface area contributed by atoms with Crippen molar-refractivity contribution in [1.29, 1.82) is 0 Å². The number of hydrogen-bond acceptors (Lipinski definition) is 7. The second-order valence-corrected chi connectivity index (χ2v) is 9.20. The summed E-state index contributed by atoms with van der Waals surface area (Å²) in [6, 6.07) is 4.70. The summed E-state index contributed by atoms with van der Waals surface area (Å²) in [4.78, 5) is 14.0. The second kappa shape index (κ2) is 9.28. The largest absolute Gasteiger partial charge is 0.398 e. The molecular weight excluding hydrogens is 409 g/mol. The molecule has 0 aliphatic heterocycles. The Morgan fingerprint density at radius 1 is 1.19 bits per heavy atom. The van der Waals surface area contributed by atoms with Crippen LogP contribution in [0.5, 0.6) is 0 Å². The average Bonchev–Trinajstić information content (AvgIpc) is 3.18. The summed E-state index contributed by atoms with van der Waals surface area (Å²) in [6.45, 7) is 4.39. The first-order valence-electron chi connectivity index (χ1n) is 11.3. The van der Waals surface area contributed by atoms with Gasteiger partial charge in [0, 0.05) is 24.8 Å². The zero-order valence-corrected chi connectivity index (χ0v) is 18.7. The predicted molar refractivity (Wildman–Crippen MR) is 125 cm³/mol. The Kier molecular flexibility index (Phi) is 6.45. The van der Waals surface area contributed by atoms with Crippen LogP contribution in [0.4, 0.5) is 21.8 Å². The Hall–Kier alpha value is -2.94. The van der Waals surface area contributed by atoms with E-state index < -0.39 is 5.60 Å². The summed E-state index contributed by atoms with van der Waals surface area (Å²) in [6.07, 6.45) is 8.30. The van der Waals surface area contributed by atoms with Crippen molar-refractivity contribution in [2.75, 3.05) is 22.9 Å². The first-order valence-corrected chi connectivity index (χ1v) is 11.3. The first kappa shape index (κ1) is 22.3. The van der Waals surface area contributed by atoms with Gasteiger partial charge in [-0.1, -0.05) is 19.3 Å². The lowest BCUT2D eigenvalue weighted by molar-refractivity contribution is 0.0748. The van der Waals surface area contributed by atoms with Gasteiger partial charge < -0.3 is 26.0 Å². The zero-order chi connectivity index (χ0) is 22.7. The summed E-state index contributed by atoms with van der Waals surface area (Å²) in [5.41, 5.74) is 7.85.